The zero-order chi connectivity index (χ0) is 28.0. The van der Waals surface area contributed by atoms with Crippen LogP contribution in [0.3, 0.4) is 0 Å². The van der Waals surface area contributed by atoms with E-state index in [1.807, 2.05) is 13.8 Å². The fraction of sp³-hybridized carbons (Fsp3) is 0.692. The third-order valence-electron chi connectivity index (χ3n) is 5.40. The van der Waals surface area contributed by atoms with E-state index in [9.17, 15) is 24.0 Å². The van der Waals surface area contributed by atoms with Crippen molar-refractivity contribution in [1.29, 1.82) is 0 Å². The van der Waals surface area contributed by atoms with Crippen LogP contribution in [0.1, 0.15) is 75.2 Å². The van der Waals surface area contributed by atoms with E-state index in [4.69, 9.17) is 0 Å². The Bertz CT molecular complexity index is 833. The molecule has 0 aliphatic carbocycles. The molecule has 4 amide bonds. The van der Waals surface area contributed by atoms with E-state index in [1.54, 1.807) is 53.8 Å². The highest BCUT2D eigenvalue weighted by atomic mass is 16.2. The monoisotopic (exact) mass is 507 g/mol. The molecule has 0 bridgehead atoms. The van der Waals surface area contributed by atoms with E-state index in [2.05, 4.69) is 26.3 Å². The van der Waals surface area contributed by atoms with Crippen molar-refractivity contribution in [1.82, 2.24) is 21.3 Å². The third-order valence-corrected chi connectivity index (χ3v) is 5.40. The van der Waals surface area contributed by atoms with Gasteiger partial charge < -0.3 is 21.3 Å². The molecular formula is C26H45N5O5. The number of carbonyl (C=O) groups excluding carboxylic acids is 5. The standard InChI is InChI=1S/C26H45N5O5/c1-10-19(27-11-2)13-21(25(35)30-20(18(9)32)12-15(3)4)29-22(33)14-28-26(36)23(16(5)6)31-24(34)17(7)8/h10-11,15-17,20-21,23H,12-14H2,1-9H3,(H,28,36)(H,29,33)(H,30,35)(H,31,34)/b19-10-,27-11?. The van der Waals surface area contributed by atoms with Crippen molar-refractivity contribution in [3.63, 3.8) is 0 Å². The van der Waals surface area contributed by atoms with Gasteiger partial charge in [0.15, 0.2) is 5.78 Å². The maximum absolute atomic E-state index is 13.1. The van der Waals surface area contributed by atoms with Gasteiger partial charge in [0, 0.05) is 24.3 Å². The predicted octanol–water partition coefficient (Wildman–Crippen LogP) is 1.89. The molecule has 36 heavy (non-hydrogen) atoms. The van der Waals surface area contributed by atoms with Crippen molar-refractivity contribution in [3.05, 3.63) is 11.8 Å². The third kappa shape index (κ3) is 12.6. The fourth-order valence-electron chi connectivity index (χ4n) is 3.28. The van der Waals surface area contributed by atoms with Crippen LogP contribution in [0.2, 0.25) is 0 Å². The predicted molar refractivity (Wildman–Crippen MR) is 141 cm³/mol. The summed E-state index contributed by atoms with van der Waals surface area (Å²) in [6.45, 7) is 15.5. The van der Waals surface area contributed by atoms with Gasteiger partial charge in [0.1, 0.15) is 12.1 Å². The van der Waals surface area contributed by atoms with E-state index in [0.717, 1.165) is 0 Å². The second-order valence-electron chi connectivity index (χ2n) is 9.90. The van der Waals surface area contributed by atoms with Crippen LogP contribution >= 0.6 is 0 Å². The number of amides is 4. The largest absolute Gasteiger partial charge is 0.345 e. The van der Waals surface area contributed by atoms with Crippen LogP contribution in [-0.4, -0.2) is 60.3 Å². The van der Waals surface area contributed by atoms with Gasteiger partial charge >= 0.3 is 0 Å². The first-order valence-electron chi connectivity index (χ1n) is 12.5. The molecule has 0 aromatic rings. The SMILES string of the molecule is CC=N/C(=C\C)CC(NC(=O)CNC(=O)C(NC(=O)C(C)C)C(C)C)C(=O)NC(CC(C)C)C(C)=O. The molecule has 0 saturated heterocycles. The molecule has 204 valence electrons. The minimum Gasteiger partial charge on any atom is -0.345 e. The number of hydrogen-bond donors (Lipinski definition) is 4. The normalized spacial score (nSPS) is 14.5. The number of nitrogens with one attached hydrogen (secondary N) is 4. The van der Waals surface area contributed by atoms with Crippen LogP contribution in [0.25, 0.3) is 0 Å². The van der Waals surface area contributed by atoms with Crippen LogP contribution in [0, 0.1) is 17.8 Å². The number of ketones is 1. The first kappa shape index (κ1) is 33.0. The lowest BCUT2D eigenvalue weighted by Gasteiger charge is -2.24. The molecule has 0 heterocycles. The highest BCUT2D eigenvalue weighted by Gasteiger charge is 2.28. The van der Waals surface area contributed by atoms with E-state index in [1.165, 1.54) is 6.92 Å². The summed E-state index contributed by atoms with van der Waals surface area (Å²) in [5.41, 5.74) is 0.585. The van der Waals surface area contributed by atoms with Crippen LogP contribution in [0.5, 0.6) is 0 Å². The first-order chi connectivity index (χ1) is 16.7. The Balaban J connectivity index is 5.46. The zero-order valence-corrected chi connectivity index (χ0v) is 23.2. The number of nitrogens with zero attached hydrogens (tertiary/aromatic N) is 1. The molecule has 10 heteroatoms. The maximum atomic E-state index is 13.1. The second kappa shape index (κ2) is 16.6. The number of hydrogen-bond acceptors (Lipinski definition) is 6. The van der Waals surface area contributed by atoms with Gasteiger partial charge in [-0.2, -0.15) is 0 Å². The number of Topliss-reactive ketones (excluding diaryl/α,β-unsaturated/α-hetero) is 1. The van der Waals surface area contributed by atoms with E-state index < -0.39 is 35.8 Å². The Labute approximate surface area is 215 Å². The fourth-order valence-corrected chi connectivity index (χ4v) is 3.28. The molecule has 0 rings (SSSR count). The molecule has 0 aromatic heterocycles. The van der Waals surface area contributed by atoms with Crippen molar-refractivity contribution in [2.24, 2.45) is 22.7 Å². The van der Waals surface area contributed by atoms with Gasteiger partial charge in [-0.25, -0.2) is 0 Å². The van der Waals surface area contributed by atoms with E-state index in [-0.39, 0.29) is 42.4 Å². The van der Waals surface area contributed by atoms with Crippen LogP contribution in [0.15, 0.2) is 16.8 Å². The Hall–Kier alpha value is -3.04. The van der Waals surface area contributed by atoms with Crippen molar-refractivity contribution < 1.29 is 24.0 Å². The number of rotatable bonds is 15. The lowest BCUT2D eigenvalue weighted by molar-refractivity contribution is -0.133. The zero-order valence-electron chi connectivity index (χ0n) is 23.2. The number of allylic oxidation sites excluding steroid dienone is 1. The molecule has 0 spiro atoms. The van der Waals surface area contributed by atoms with Crippen molar-refractivity contribution in [2.45, 2.75) is 93.3 Å². The van der Waals surface area contributed by atoms with Gasteiger partial charge in [-0.15, -0.1) is 0 Å². The Morgan fingerprint density at radius 3 is 1.86 bits per heavy atom. The molecule has 0 aliphatic rings. The van der Waals surface area contributed by atoms with Gasteiger partial charge in [0.05, 0.1) is 12.6 Å². The molecule has 0 aliphatic heterocycles. The summed E-state index contributed by atoms with van der Waals surface area (Å²) in [7, 11) is 0. The number of aliphatic imine (C=N–C) groups is 1. The highest BCUT2D eigenvalue weighted by molar-refractivity contribution is 5.94. The number of carbonyl (C=O) groups is 5. The Morgan fingerprint density at radius 1 is 0.806 bits per heavy atom. The molecule has 0 saturated carbocycles. The summed E-state index contributed by atoms with van der Waals surface area (Å²) in [6, 6.07) is -2.47. The second-order valence-corrected chi connectivity index (χ2v) is 9.90. The minimum absolute atomic E-state index is 0.109. The summed E-state index contributed by atoms with van der Waals surface area (Å²) in [4.78, 5) is 66.7. The van der Waals surface area contributed by atoms with Crippen LogP contribution < -0.4 is 21.3 Å². The molecule has 3 unspecified atom stereocenters. The summed E-state index contributed by atoms with van der Waals surface area (Å²) < 4.78 is 0. The average Bonchev–Trinajstić information content (AvgIpc) is 2.78. The Kier molecular flexibility index (Phi) is 15.2. The molecule has 10 nitrogen and oxygen atoms in total. The topological polar surface area (TPSA) is 146 Å². The van der Waals surface area contributed by atoms with Crippen molar-refractivity contribution >= 4 is 35.6 Å². The average molecular weight is 508 g/mol. The van der Waals surface area contributed by atoms with Crippen molar-refractivity contribution in [3.8, 4) is 0 Å². The first-order valence-corrected chi connectivity index (χ1v) is 12.5. The lowest BCUT2D eigenvalue weighted by Crippen LogP contribution is -2.55. The summed E-state index contributed by atoms with van der Waals surface area (Å²) in [5.74, 6) is -2.31. The lowest BCUT2D eigenvalue weighted by atomic mass is 10.00. The molecule has 4 N–H and O–H groups in total. The Morgan fingerprint density at radius 2 is 1.42 bits per heavy atom. The van der Waals surface area contributed by atoms with Gasteiger partial charge in [0.2, 0.25) is 23.6 Å². The molecule has 0 aromatic carbocycles. The molecular weight excluding hydrogens is 462 g/mol. The molecule has 0 fully saturated rings. The van der Waals surface area contributed by atoms with Crippen molar-refractivity contribution in [2.75, 3.05) is 6.54 Å². The maximum Gasteiger partial charge on any atom is 0.243 e. The van der Waals surface area contributed by atoms with Gasteiger partial charge in [0.25, 0.3) is 0 Å². The van der Waals surface area contributed by atoms with Gasteiger partial charge in [-0.05, 0) is 39.0 Å². The van der Waals surface area contributed by atoms with E-state index in [0.29, 0.717) is 12.1 Å². The van der Waals surface area contributed by atoms with Gasteiger partial charge in [-0.3, -0.25) is 29.0 Å². The highest BCUT2D eigenvalue weighted by Crippen LogP contribution is 2.11. The summed E-state index contributed by atoms with van der Waals surface area (Å²) >= 11 is 0. The van der Waals surface area contributed by atoms with E-state index >= 15 is 0 Å². The van der Waals surface area contributed by atoms with Crippen LogP contribution in [0.4, 0.5) is 0 Å². The smallest absolute Gasteiger partial charge is 0.243 e. The molecule has 3 atom stereocenters. The minimum atomic E-state index is -1.00. The van der Waals surface area contributed by atoms with Gasteiger partial charge in [-0.1, -0.05) is 47.6 Å². The quantitative estimate of drug-likeness (QED) is 0.250. The summed E-state index contributed by atoms with van der Waals surface area (Å²) in [6.07, 6.45) is 3.90. The summed E-state index contributed by atoms with van der Waals surface area (Å²) in [5, 5.41) is 10.6. The molecule has 0 radical (unpaired) electrons. The van der Waals surface area contributed by atoms with Crippen LogP contribution in [-0.2, 0) is 24.0 Å².